The lowest BCUT2D eigenvalue weighted by molar-refractivity contribution is 0.443. The molecule has 1 aromatic carbocycles. The molecule has 2 heterocycles. The van der Waals surface area contributed by atoms with Gasteiger partial charge in [-0.3, -0.25) is 0 Å². The topological polar surface area (TPSA) is 64.9 Å². The van der Waals surface area contributed by atoms with Crippen molar-refractivity contribution in [2.45, 2.75) is 13.8 Å². The number of benzene rings is 1. The number of nitrogens with two attached hydrogens (primary N) is 1. The fourth-order valence-corrected chi connectivity index (χ4v) is 2.01. The predicted molar refractivity (Wildman–Crippen MR) is 63.2 cm³/mol. The van der Waals surface area contributed by atoms with E-state index >= 15 is 0 Å². The van der Waals surface area contributed by atoms with Crippen LogP contribution in [0, 0.1) is 13.8 Å². The van der Waals surface area contributed by atoms with Crippen molar-refractivity contribution < 1.29 is 4.52 Å². The third-order valence-corrected chi connectivity index (χ3v) is 2.76. The molecule has 0 fully saturated rings. The van der Waals surface area contributed by atoms with E-state index in [9.17, 15) is 0 Å². The maximum absolute atomic E-state index is 5.68. The highest BCUT2D eigenvalue weighted by molar-refractivity contribution is 5.96. The Bertz CT molecular complexity index is 700. The van der Waals surface area contributed by atoms with E-state index in [0.29, 0.717) is 11.5 Å². The Morgan fingerprint density at radius 3 is 2.75 bits per heavy atom. The average Bonchev–Trinajstić information content (AvgIpc) is 2.57. The highest BCUT2D eigenvalue weighted by atomic mass is 16.5. The Kier molecular flexibility index (Phi) is 1.68. The summed E-state index contributed by atoms with van der Waals surface area (Å²) in [5, 5.41) is 5.68. The molecule has 16 heavy (non-hydrogen) atoms. The molecule has 0 aliphatic heterocycles. The normalized spacial score (nSPS) is 11.4. The second kappa shape index (κ2) is 2.95. The molecule has 0 radical (unpaired) electrons. The van der Waals surface area contributed by atoms with Gasteiger partial charge < -0.3 is 10.3 Å². The van der Waals surface area contributed by atoms with Gasteiger partial charge in [0.15, 0.2) is 0 Å². The molecule has 4 nitrogen and oxygen atoms in total. The fourth-order valence-electron chi connectivity index (χ4n) is 2.01. The third kappa shape index (κ3) is 1.16. The molecule has 0 saturated carbocycles. The van der Waals surface area contributed by atoms with E-state index in [1.54, 1.807) is 0 Å². The molecule has 3 rings (SSSR count). The van der Waals surface area contributed by atoms with Crippen LogP contribution < -0.4 is 5.73 Å². The number of hydrogen-bond donors (Lipinski definition) is 1. The van der Waals surface area contributed by atoms with E-state index in [2.05, 4.69) is 30.1 Å². The number of hydrogen-bond acceptors (Lipinski definition) is 4. The van der Waals surface area contributed by atoms with Gasteiger partial charge >= 0.3 is 0 Å². The van der Waals surface area contributed by atoms with Gasteiger partial charge in [0, 0.05) is 5.39 Å². The van der Waals surface area contributed by atoms with Gasteiger partial charge in [-0.25, -0.2) is 4.98 Å². The lowest BCUT2D eigenvalue weighted by Crippen LogP contribution is -1.87. The van der Waals surface area contributed by atoms with Crippen LogP contribution in [0.4, 0.5) is 5.88 Å². The van der Waals surface area contributed by atoms with Crippen LogP contribution in [0.1, 0.15) is 11.1 Å². The van der Waals surface area contributed by atoms with Crippen LogP contribution in [-0.4, -0.2) is 10.1 Å². The molecule has 2 aromatic heterocycles. The predicted octanol–water partition coefficient (Wildman–Crippen LogP) is 2.58. The van der Waals surface area contributed by atoms with E-state index in [-0.39, 0.29) is 0 Å². The minimum atomic E-state index is 0.323. The van der Waals surface area contributed by atoms with Crippen LogP contribution in [0.5, 0.6) is 0 Å². The molecule has 0 aliphatic rings. The lowest BCUT2D eigenvalue weighted by Gasteiger charge is -2.03. The van der Waals surface area contributed by atoms with Gasteiger partial charge in [-0.1, -0.05) is 11.2 Å². The first-order chi connectivity index (χ1) is 7.65. The van der Waals surface area contributed by atoms with Crippen LogP contribution in [-0.2, 0) is 0 Å². The first kappa shape index (κ1) is 9.15. The van der Waals surface area contributed by atoms with E-state index in [1.165, 1.54) is 11.1 Å². The summed E-state index contributed by atoms with van der Waals surface area (Å²) >= 11 is 0. The molecule has 0 atom stereocenters. The van der Waals surface area contributed by atoms with E-state index in [4.69, 9.17) is 10.3 Å². The SMILES string of the molecule is Cc1cc(C)c2cc3c(N)onc3nc2c1. The quantitative estimate of drug-likeness (QED) is 0.623. The van der Waals surface area contributed by atoms with Gasteiger partial charge in [-0.2, -0.15) is 0 Å². The molecule has 0 aliphatic carbocycles. The first-order valence-electron chi connectivity index (χ1n) is 5.08. The van der Waals surface area contributed by atoms with Crippen molar-refractivity contribution in [3.05, 3.63) is 29.3 Å². The fraction of sp³-hybridized carbons (Fsp3) is 0.167. The first-order valence-corrected chi connectivity index (χ1v) is 5.08. The van der Waals surface area contributed by atoms with Gasteiger partial charge in [0.25, 0.3) is 0 Å². The average molecular weight is 213 g/mol. The summed E-state index contributed by atoms with van der Waals surface area (Å²) in [6.45, 7) is 4.11. The van der Waals surface area contributed by atoms with Crippen molar-refractivity contribution in [1.82, 2.24) is 10.1 Å². The molecular formula is C12H11N3O. The largest absolute Gasteiger partial charge is 0.367 e. The summed E-state index contributed by atoms with van der Waals surface area (Å²) in [7, 11) is 0. The van der Waals surface area contributed by atoms with Crippen molar-refractivity contribution in [2.24, 2.45) is 0 Å². The van der Waals surface area contributed by atoms with Crippen LogP contribution in [0.25, 0.3) is 21.9 Å². The Hall–Kier alpha value is -2.10. The summed E-state index contributed by atoms with van der Waals surface area (Å²) in [6.07, 6.45) is 0. The van der Waals surface area contributed by atoms with Gasteiger partial charge in [0.05, 0.1) is 10.9 Å². The zero-order valence-electron chi connectivity index (χ0n) is 9.11. The number of fused-ring (bicyclic) bond motifs is 2. The summed E-state index contributed by atoms with van der Waals surface area (Å²) in [4.78, 5) is 4.44. The van der Waals surface area contributed by atoms with Crippen molar-refractivity contribution in [1.29, 1.82) is 0 Å². The van der Waals surface area contributed by atoms with Crippen LogP contribution in [0.15, 0.2) is 22.7 Å². The molecule has 4 heteroatoms. The number of anilines is 1. The maximum atomic E-state index is 5.68. The van der Waals surface area contributed by atoms with Crippen molar-refractivity contribution in [3.63, 3.8) is 0 Å². The Labute approximate surface area is 92.0 Å². The van der Waals surface area contributed by atoms with Crippen molar-refractivity contribution >= 4 is 27.8 Å². The van der Waals surface area contributed by atoms with Gasteiger partial charge in [0.2, 0.25) is 11.5 Å². The summed E-state index contributed by atoms with van der Waals surface area (Å²) < 4.78 is 4.92. The van der Waals surface area contributed by atoms with Crippen LogP contribution in [0.2, 0.25) is 0 Å². The minimum absolute atomic E-state index is 0.323. The van der Waals surface area contributed by atoms with Crippen molar-refractivity contribution in [2.75, 3.05) is 5.73 Å². The van der Waals surface area contributed by atoms with Crippen molar-refractivity contribution in [3.8, 4) is 0 Å². The molecule has 80 valence electrons. The Morgan fingerprint density at radius 1 is 1.12 bits per heavy atom. The monoisotopic (exact) mass is 213 g/mol. The summed E-state index contributed by atoms with van der Waals surface area (Å²) in [5.74, 6) is 0.323. The molecule has 0 spiro atoms. The summed E-state index contributed by atoms with van der Waals surface area (Å²) in [6, 6.07) is 6.14. The number of aryl methyl sites for hydroxylation is 2. The molecule has 0 saturated heterocycles. The summed E-state index contributed by atoms with van der Waals surface area (Å²) in [5.41, 5.74) is 9.55. The zero-order valence-corrected chi connectivity index (χ0v) is 9.11. The van der Waals surface area contributed by atoms with Gasteiger partial charge in [-0.05, 0) is 37.1 Å². The molecule has 0 unspecified atom stereocenters. The molecule has 3 aromatic rings. The van der Waals surface area contributed by atoms with Crippen LogP contribution >= 0.6 is 0 Å². The van der Waals surface area contributed by atoms with E-state index in [0.717, 1.165) is 16.3 Å². The molecule has 0 bridgehead atoms. The second-order valence-electron chi connectivity index (χ2n) is 4.05. The maximum Gasteiger partial charge on any atom is 0.231 e. The second-order valence-corrected chi connectivity index (χ2v) is 4.05. The Morgan fingerprint density at radius 2 is 1.94 bits per heavy atom. The molecular weight excluding hydrogens is 202 g/mol. The number of aromatic nitrogens is 2. The van der Waals surface area contributed by atoms with Gasteiger partial charge in [0.1, 0.15) is 0 Å². The third-order valence-electron chi connectivity index (χ3n) is 2.76. The number of pyridine rings is 1. The zero-order chi connectivity index (χ0) is 11.3. The lowest BCUT2D eigenvalue weighted by atomic mass is 10.1. The number of nitrogens with zero attached hydrogens (tertiary/aromatic N) is 2. The van der Waals surface area contributed by atoms with E-state index < -0.39 is 0 Å². The number of nitrogen functional groups attached to an aromatic ring is 1. The van der Waals surface area contributed by atoms with E-state index in [1.807, 2.05) is 12.1 Å². The molecule has 2 N–H and O–H groups in total. The molecule has 0 amide bonds. The Balaban J connectivity index is 2.53. The highest BCUT2D eigenvalue weighted by Gasteiger charge is 2.09. The highest BCUT2D eigenvalue weighted by Crippen LogP contribution is 2.26. The number of rotatable bonds is 0. The van der Waals surface area contributed by atoms with Crippen LogP contribution in [0.3, 0.4) is 0 Å². The minimum Gasteiger partial charge on any atom is -0.367 e. The standard InChI is InChI=1S/C12H11N3O/c1-6-3-7(2)8-5-9-11(13)16-15-12(9)14-10(8)4-6/h3-5H,13H2,1-2H3. The smallest absolute Gasteiger partial charge is 0.231 e. The van der Waals surface area contributed by atoms with Gasteiger partial charge in [-0.15, -0.1) is 0 Å².